The molecule has 0 unspecified atom stereocenters. The third-order valence-electron chi connectivity index (χ3n) is 13.6. The van der Waals surface area contributed by atoms with E-state index in [4.69, 9.17) is 37.0 Å². The highest BCUT2D eigenvalue weighted by molar-refractivity contribution is 7.99. The molecule has 72 heavy (non-hydrogen) atoms. The van der Waals surface area contributed by atoms with Crippen LogP contribution in [0.1, 0.15) is 222 Å². The Morgan fingerprint density at radius 1 is 0.306 bits per heavy atom. The van der Waals surface area contributed by atoms with E-state index in [-0.39, 0.29) is 0 Å². The van der Waals surface area contributed by atoms with Gasteiger partial charge < -0.3 is 37.0 Å². The van der Waals surface area contributed by atoms with Gasteiger partial charge in [-0.05, 0) is 140 Å². The van der Waals surface area contributed by atoms with Crippen LogP contribution in [0.15, 0.2) is 41.3 Å². The second-order valence-electron chi connectivity index (χ2n) is 19.8. The molecule has 0 radical (unpaired) electrons. The predicted molar refractivity (Wildman–Crippen MR) is 311 cm³/mol. The molecule has 8 nitrogen and oxygen atoms in total. The molecule has 0 spiro atoms. The van der Waals surface area contributed by atoms with Crippen LogP contribution in [0.4, 0.5) is 0 Å². The zero-order valence-electron chi connectivity index (χ0n) is 47.1. The number of hydrogen-bond donors (Lipinski definition) is 0. The third kappa shape index (κ3) is 21.4. The zero-order valence-corrected chi connectivity index (χ0v) is 48.9. The molecule has 408 valence electrons. The number of unbranched alkanes of at least 4 members (excludes halogenated alkanes) is 20. The number of fused-ring (bicyclic) bond motifs is 6. The smallest absolute Gasteiger partial charge is 0.492 e. The van der Waals surface area contributed by atoms with Crippen LogP contribution in [-0.2, 0) is 13.3 Å². The lowest BCUT2D eigenvalue weighted by atomic mass is 9.93. The molecule has 4 rings (SSSR count). The lowest BCUT2D eigenvalue weighted by Crippen LogP contribution is -2.45. The molecule has 0 N–H and O–H groups in total. The fourth-order valence-electron chi connectivity index (χ4n) is 9.43. The van der Waals surface area contributed by atoms with Gasteiger partial charge in [0.05, 0.1) is 37.9 Å². The first-order chi connectivity index (χ1) is 35.4. The van der Waals surface area contributed by atoms with Crippen LogP contribution in [0.2, 0.25) is 6.04 Å². The number of benzene rings is 4. The highest BCUT2D eigenvalue weighted by Crippen LogP contribution is 2.47. The minimum atomic E-state index is -2.48. The number of thioether (sulfide) groups is 1. The van der Waals surface area contributed by atoms with E-state index < -0.39 is 8.80 Å². The summed E-state index contributed by atoms with van der Waals surface area (Å²) in [4.78, 5) is 1.22. The first-order valence-electron chi connectivity index (χ1n) is 29.7. The van der Waals surface area contributed by atoms with Gasteiger partial charge in [0, 0.05) is 25.9 Å². The molecule has 0 aromatic heterocycles. The van der Waals surface area contributed by atoms with E-state index in [1.807, 2.05) is 32.5 Å². The van der Waals surface area contributed by atoms with Crippen molar-refractivity contribution in [2.24, 2.45) is 0 Å². The molecule has 10 heteroatoms. The van der Waals surface area contributed by atoms with Crippen molar-refractivity contribution in [3.8, 4) is 28.7 Å². The van der Waals surface area contributed by atoms with Crippen molar-refractivity contribution < 1.29 is 37.0 Å². The molecule has 0 amide bonds. The fourth-order valence-corrected chi connectivity index (χ4v) is 13.1. The normalized spacial score (nSPS) is 11.9. The number of ether oxygens (including phenoxy) is 5. The Labute approximate surface area is 444 Å². The van der Waals surface area contributed by atoms with Gasteiger partial charge >= 0.3 is 8.80 Å². The van der Waals surface area contributed by atoms with Gasteiger partial charge in [-0.1, -0.05) is 157 Å². The first kappa shape index (κ1) is 61.7. The van der Waals surface area contributed by atoms with Crippen LogP contribution in [0, 0.1) is 0 Å². The average molecular weight is 1040 g/mol. The molecule has 0 saturated carbocycles. The van der Waals surface area contributed by atoms with Crippen LogP contribution in [0.3, 0.4) is 0 Å². The Kier molecular flexibility index (Phi) is 32.3. The maximum absolute atomic E-state index is 6.69. The molecule has 4 aromatic rings. The van der Waals surface area contributed by atoms with Gasteiger partial charge in [-0.3, -0.25) is 0 Å². The number of rotatable bonds is 46. The van der Waals surface area contributed by atoms with Gasteiger partial charge in [0.15, 0.2) is 23.0 Å². The van der Waals surface area contributed by atoms with Gasteiger partial charge in [0.1, 0.15) is 5.75 Å². The summed E-state index contributed by atoms with van der Waals surface area (Å²) in [7, 11) is -2.48. The molecular formula is C62H102O8SSi. The second-order valence-corrected chi connectivity index (χ2v) is 23.6. The third-order valence-corrected chi connectivity index (χ3v) is 17.9. The Hall–Kier alpha value is -2.89. The van der Waals surface area contributed by atoms with Crippen molar-refractivity contribution in [3.63, 3.8) is 0 Å². The average Bonchev–Trinajstić information content (AvgIpc) is 3.38. The van der Waals surface area contributed by atoms with Crippen molar-refractivity contribution in [3.05, 3.63) is 36.4 Å². The van der Waals surface area contributed by atoms with E-state index >= 15 is 0 Å². The van der Waals surface area contributed by atoms with Crippen molar-refractivity contribution in [1.29, 1.82) is 0 Å². The predicted octanol–water partition coefficient (Wildman–Crippen LogP) is 19.4. The van der Waals surface area contributed by atoms with Crippen LogP contribution in [-0.4, -0.2) is 67.4 Å². The molecule has 0 fully saturated rings. The maximum Gasteiger partial charge on any atom is 0.500 e. The molecule has 0 heterocycles. The van der Waals surface area contributed by atoms with E-state index in [2.05, 4.69) is 71.0 Å². The largest absolute Gasteiger partial charge is 0.500 e. The number of hydrogen-bond acceptors (Lipinski definition) is 9. The quantitative estimate of drug-likeness (QED) is 0.0186. The Morgan fingerprint density at radius 2 is 0.569 bits per heavy atom. The monoisotopic (exact) mass is 1030 g/mol. The molecule has 0 aliphatic rings. The van der Waals surface area contributed by atoms with Gasteiger partial charge in [0.2, 0.25) is 0 Å². The Bertz CT molecular complexity index is 1980. The summed E-state index contributed by atoms with van der Waals surface area (Å²) in [6, 6.07) is 14.6. The van der Waals surface area contributed by atoms with Gasteiger partial charge in [-0.25, -0.2) is 0 Å². The van der Waals surface area contributed by atoms with E-state index in [1.165, 1.54) is 107 Å². The van der Waals surface area contributed by atoms with Crippen LogP contribution < -0.4 is 23.7 Å². The van der Waals surface area contributed by atoms with Gasteiger partial charge in [-0.15, -0.1) is 11.8 Å². The SMILES string of the molecule is CCCCOc1cc2c3cc(OCCCC)c(OCCCC)cc3c3cc(SCCCCCCCCCCCCCCCCCC[Si](OCC)(OCC)OCC)c(OCCCC)cc3c2cc1OCCCC. The maximum atomic E-state index is 6.69. The fraction of sp³-hybridized carbons (Fsp3) is 0.710. The van der Waals surface area contributed by atoms with E-state index in [1.54, 1.807) is 0 Å². The molecule has 0 aliphatic heterocycles. The summed E-state index contributed by atoms with van der Waals surface area (Å²) in [6.07, 6.45) is 31.6. The zero-order chi connectivity index (χ0) is 51.5. The summed E-state index contributed by atoms with van der Waals surface area (Å²) in [6.45, 7) is 22.5. The Balaban J connectivity index is 1.38. The van der Waals surface area contributed by atoms with Crippen molar-refractivity contribution in [2.45, 2.75) is 233 Å². The highest BCUT2D eigenvalue weighted by atomic mass is 32.2. The van der Waals surface area contributed by atoms with E-state index in [0.717, 1.165) is 138 Å². The second kappa shape index (κ2) is 37.8. The molecule has 0 bridgehead atoms. The van der Waals surface area contributed by atoms with Crippen molar-refractivity contribution >= 4 is 52.9 Å². The summed E-state index contributed by atoms with van der Waals surface area (Å²) in [5, 5.41) is 6.95. The minimum absolute atomic E-state index is 0.654. The lowest BCUT2D eigenvalue weighted by molar-refractivity contribution is 0.0706. The molecule has 0 aliphatic carbocycles. The summed E-state index contributed by atoms with van der Waals surface area (Å²) < 4.78 is 50.9. The van der Waals surface area contributed by atoms with Crippen LogP contribution >= 0.6 is 11.8 Å². The van der Waals surface area contributed by atoms with E-state index in [0.29, 0.717) is 52.9 Å². The topological polar surface area (TPSA) is 73.8 Å². The first-order valence-corrected chi connectivity index (χ1v) is 32.6. The van der Waals surface area contributed by atoms with Crippen LogP contribution in [0.25, 0.3) is 32.3 Å². The van der Waals surface area contributed by atoms with Crippen molar-refractivity contribution in [1.82, 2.24) is 0 Å². The molecule has 4 aromatic carbocycles. The van der Waals surface area contributed by atoms with Gasteiger partial charge in [-0.2, -0.15) is 0 Å². The summed E-state index contributed by atoms with van der Waals surface area (Å²) in [5.74, 6) is 5.31. The van der Waals surface area contributed by atoms with E-state index in [9.17, 15) is 0 Å². The highest BCUT2D eigenvalue weighted by Gasteiger charge is 2.39. The molecule has 0 atom stereocenters. The lowest BCUT2D eigenvalue weighted by Gasteiger charge is -2.28. The standard InChI is InChI=1S/C62H102O8SSi/c1-9-17-38-63-57-45-51-52-46-58(64-39-18-10-2)60(66-41-20-12-4)48-54(52)56-50-62(61(67-42-21-13-5)49-55(56)53(51)47-59(57)65-40-19-11-3)71-43-36-34-32-30-28-26-24-22-23-25-27-29-31-33-35-37-44-72(68-14-6,69-15-7)70-16-8/h45-50H,9-44H2,1-8H3. The van der Waals surface area contributed by atoms with Gasteiger partial charge in [0.25, 0.3) is 0 Å². The minimum Gasteiger partial charge on any atom is -0.492 e. The molecule has 0 saturated heterocycles. The van der Waals surface area contributed by atoms with Crippen molar-refractivity contribution in [2.75, 3.05) is 58.6 Å². The summed E-state index contributed by atoms with van der Waals surface area (Å²) in [5.41, 5.74) is 0. The molecular weight excluding hydrogens is 933 g/mol. The summed E-state index contributed by atoms with van der Waals surface area (Å²) >= 11 is 1.96. The Morgan fingerprint density at radius 3 is 0.875 bits per heavy atom. The van der Waals surface area contributed by atoms with Crippen LogP contribution in [0.5, 0.6) is 28.7 Å².